The van der Waals surface area contributed by atoms with E-state index in [-0.39, 0.29) is 11.8 Å². The number of hydrogen-bond acceptors (Lipinski definition) is 3. The number of nitrogens with zero attached hydrogens (tertiary/aromatic N) is 2. The zero-order chi connectivity index (χ0) is 11.2. The Hall–Kier alpha value is -1.36. The van der Waals surface area contributed by atoms with Crippen LogP contribution < -0.4 is 10.6 Å². The summed E-state index contributed by atoms with van der Waals surface area (Å²) >= 11 is 0. The molecule has 2 heterocycles. The van der Waals surface area contributed by atoms with Gasteiger partial charge in [-0.15, -0.1) is 0 Å². The minimum Gasteiger partial charge on any atom is -0.356 e. The monoisotopic (exact) mass is 222 g/mol. The van der Waals surface area contributed by atoms with Crippen molar-refractivity contribution in [3.8, 4) is 0 Å². The van der Waals surface area contributed by atoms with Crippen molar-refractivity contribution in [1.29, 1.82) is 0 Å². The molecule has 0 aliphatic carbocycles. The van der Waals surface area contributed by atoms with Crippen LogP contribution in [0.25, 0.3) is 0 Å². The molecule has 1 aliphatic rings. The Kier molecular flexibility index (Phi) is 3.93. The molecule has 1 aromatic heterocycles. The molecule has 5 heteroatoms. The van der Waals surface area contributed by atoms with E-state index in [1.165, 1.54) is 0 Å². The number of carbonyl (C=O) groups excluding carboxylic acids is 1. The lowest BCUT2D eigenvalue weighted by molar-refractivity contribution is -0.124. The summed E-state index contributed by atoms with van der Waals surface area (Å²) in [5.41, 5.74) is 0. The minimum absolute atomic E-state index is 0.174. The average molecular weight is 222 g/mol. The third-order valence-electron chi connectivity index (χ3n) is 2.88. The molecule has 2 rings (SSSR count). The maximum absolute atomic E-state index is 11.6. The van der Waals surface area contributed by atoms with Crippen molar-refractivity contribution in [2.45, 2.75) is 19.4 Å². The van der Waals surface area contributed by atoms with Crippen LogP contribution in [0.2, 0.25) is 0 Å². The van der Waals surface area contributed by atoms with E-state index in [2.05, 4.69) is 15.6 Å². The molecule has 1 amide bonds. The highest BCUT2D eigenvalue weighted by Gasteiger charge is 2.21. The van der Waals surface area contributed by atoms with Crippen LogP contribution in [0.4, 0.5) is 0 Å². The molecule has 1 atom stereocenters. The van der Waals surface area contributed by atoms with Crippen LogP contribution in [0, 0.1) is 5.92 Å². The number of amides is 1. The predicted molar refractivity (Wildman–Crippen MR) is 60.8 cm³/mol. The number of aryl methyl sites for hydroxylation is 1. The van der Waals surface area contributed by atoms with Gasteiger partial charge >= 0.3 is 0 Å². The first-order valence-corrected chi connectivity index (χ1v) is 5.80. The average Bonchev–Trinajstić information content (AvgIpc) is 2.96. The van der Waals surface area contributed by atoms with Crippen molar-refractivity contribution in [2.75, 3.05) is 19.6 Å². The van der Waals surface area contributed by atoms with E-state index in [4.69, 9.17) is 0 Å². The Morgan fingerprint density at radius 1 is 1.62 bits per heavy atom. The highest BCUT2D eigenvalue weighted by molar-refractivity contribution is 5.79. The first kappa shape index (κ1) is 11.1. The van der Waals surface area contributed by atoms with Gasteiger partial charge in [-0.25, -0.2) is 4.98 Å². The van der Waals surface area contributed by atoms with Gasteiger partial charge in [0.15, 0.2) is 0 Å². The summed E-state index contributed by atoms with van der Waals surface area (Å²) in [4.78, 5) is 15.6. The van der Waals surface area contributed by atoms with E-state index < -0.39 is 0 Å². The van der Waals surface area contributed by atoms with Gasteiger partial charge in [0.25, 0.3) is 0 Å². The predicted octanol–water partition coefficient (Wildman–Crippen LogP) is -0.00110. The Morgan fingerprint density at radius 3 is 3.25 bits per heavy atom. The van der Waals surface area contributed by atoms with Gasteiger partial charge in [0.05, 0.1) is 12.2 Å². The van der Waals surface area contributed by atoms with Crippen LogP contribution in [0.1, 0.15) is 12.8 Å². The first-order valence-electron chi connectivity index (χ1n) is 5.80. The van der Waals surface area contributed by atoms with E-state index in [1.807, 2.05) is 10.8 Å². The quantitative estimate of drug-likeness (QED) is 0.689. The summed E-state index contributed by atoms with van der Waals surface area (Å²) < 4.78 is 2.02. The van der Waals surface area contributed by atoms with Crippen LogP contribution in [0.15, 0.2) is 18.7 Å². The molecule has 0 radical (unpaired) electrons. The molecule has 16 heavy (non-hydrogen) atoms. The van der Waals surface area contributed by atoms with Crippen molar-refractivity contribution in [2.24, 2.45) is 5.92 Å². The number of imidazole rings is 1. The number of nitrogens with one attached hydrogen (secondary N) is 2. The van der Waals surface area contributed by atoms with Gasteiger partial charge in [0.1, 0.15) is 0 Å². The lowest BCUT2D eigenvalue weighted by atomic mass is 10.1. The van der Waals surface area contributed by atoms with Gasteiger partial charge in [0, 0.05) is 32.0 Å². The topological polar surface area (TPSA) is 59.0 Å². The van der Waals surface area contributed by atoms with Gasteiger partial charge in [-0.3, -0.25) is 4.79 Å². The summed E-state index contributed by atoms with van der Waals surface area (Å²) in [6.45, 7) is 3.44. The molecule has 2 N–H and O–H groups in total. The van der Waals surface area contributed by atoms with E-state index >= 15 is 0 Å². The van der Waals surface area contributed by atoms with Crippen LogP contribution in [-0.4, -0.2) is 35.1 Å². The largest absolute Gasteiger partial charge is 0.356 e. The first-order chi connectivity index (χ1) is 7.86. The number of hydrogen-bond donors (Lipinski definition) is 2. The number of rotatable bonds is 5. The summed E-state index contributed by atoms with van der Waals surface area (Å²) in [5, 5.41) is 6.17. The SMILES string of the molecule is O=C(NCCCn1ccnc1)C1CCNC1. The van der Waals surface area contributed by atoms with Crippen molar-refractivity contribution in [1.82, 2.24) is 20.2 Å². The highest BCUT2D eigenvalue weighted by Crippen LogP contribution is 2.06. The molecule has 0 saturated carbocycles. The second-order valence-electron chi connectivity index (χ2n) is 4.13. The van der Waals surface area contributed by atoms with Crippen molar-refractivity contribution >= 4 is 5.91 Å². The fourth-order valence-electron chi connectivity index (χ4n) is 1.91. The normalized spacial score (nSPS) is 19.9. The molecule has 5 nitrogen and oxygen atoms in total. The van der Waals surface area contributed by atoms with Crippen molar-refractivity contribution in [3.63, 3.8) is 0 Å². The minimum atomic E-state index is 0.174. The van der Waals surface area contributed by atoms with Gasteiger partial charge in [0.2, 0.25) is 5.91 Å². The lowest BCUT2D eigenvalue weighted by Gasteiger charge is -2.09. The molecule has 1 aromatic rings. The smallest absolute Gasteiger partial charge is 0.224 e. The molecule has 88 valence electrons. The fourth-order valence-corrected chi connectivity index (χ4v) is 1.91. The standard InChI is InChI=1S/C11H18N4O/c16-11(10-2-4-12-8-10)14-3-1-6-15-7-5-13-9-15/h5,7,9-10,12H,1-4,6,8H2,(H,14,16). The second-order valence-corrected chi connectivity index (χ2v) is 4.13. The molecule has 1 aliphatic heterocycles. The van der Waals surface area contributed by atoms with Gasteiger partial charge in [-0.1, -0.05) is 0 Å². The van der Waals surface area contributed by atoms with E-state index in [0.29, 0.717) is 0 Å². The van der Waals surface area contributed by atoms with Gasteiger partial charge < -0.3 is 15.2 Å². The molecule has 0 aromatic carbocycles. The molecule has 1 fully saturated rings. The Labute approximate surface area is 95.2 Å². The molecular weight excluding hydrogens is 204 g/mol. The van der Waals surface area contributed by atoms with Crippen LogP contribution in [-0.2, 0) is 11.3 Å². The Morgan fingerprint density at radius 2 is 2.56 bits per heavy atom. The van der Waals surface area contributed by atoms with Crippen LogP contribution in [0.5, 0.6) is 0 Å². The number of aromatic nitrogens is 2. The highest BCUT2D eigenvalue weighted by atomic mass is 16.1. The lowest BCUT2D eigenvalue weighted by Crippen LogP contribution is -2.32. The maximum atomic E-state index is 11.6. The Bertz CT molecular complexity index is 317. The van der Waals surface area contributed by atoms with Gasteiger partial charge in [-0.2, -0.15) is 0 Å². The summed E-state index contributed by atoms with van der Waals surface area (Å²) in [6.07, 6.45) is 7.41. The third kappa shape index (κ3) is 3.06. The summed E-state index contributed by atoms with van der Waals surface area (Å²) in [5.74, 6) is 0.365. The van der Waals surface area contributed by atoms with E-state index in [1.54, 1.807) is 12.5 Å². The molecule has 1 unspecified atom stereocenters. The van der Waals surface area contributed by atoms with Crippen LogP contribution in [0.3, 0.4) is 0 Å². The van der Waals surface area contributed by atoms with Crippen molar-refractivity contribution < 1.29 is 4.79 Å². The van der Waals surface area contributed by atoms with Crippen LogP contribution >= 0.6 is 0 Å². The zero-order valence-corrected chi connectivity index (χ0v) is 9.35. The maximum Gasteiger partial charge on any atom is 0.224 e. The molecule has 0 spiro atoms. The molecular formula is C11H18N4O. The molecule has 1 saturated heterocycles. The van der Waals surface area contributed by atoms with E-state index in [0.717, 1.165) is 39.0 Å². The summed E-state index contributed by atoms with van der Waals surface area (Å²) in [6, 6.07) is 0. The van der Waals surface area contributed by atoms with Crippen molar-refractivity contribution in [3.05, 3.63) is 18.7 Å². The Balaban J connectivity index is 1.59. The molecule has 0 bridgehead atoms. The van der Waals surface area contributed by atoms with E-state index in [9.17, 15) is 4.79 Å². The fraction of sp³-hybridized carbons (Fsp3) is 0.636. The van der Waals surface area contributed by atoms with Gasteiger partial charge in [-0.05, 0) is 19.4 Å². The second kappa shape index (κ2) is 5.65. The zero-order valence-electron chi connectivity index (χ0n) is 9.35. The number of carbonyl (C=O) groups is 1. The summed E-state index contributed by atoms with van der Waals surface area (Å²) in [7, 11) is 0. The third-order valence-corrected chi connectivity index (χ3v) is 2.88.